The van der Waals surface area contributed by atoms with Crippen molar-refractivity contribution in [1.82, 2.24) is 5.32 Å². The Balaban J connectivity index is 1.96. The first-order valence-corrected chi connectivity index (χ1v) is 8.14. The number of carboxylic acids is 1. The lowest BCUT2D eigenvalue weighted by Gasteiger charge is -2.32. The summed E-state index contributed by atoms with van der Waals surface area (Å²) >= 11 is 1.60. The molecule has 7 heteroatoms. The van der Waals surface area contributed by atoms with E-state index in [-0.39, 0.29) is 18.2 Å². The van der Waals surface area contributed by atoms with E-state index in [9.17, 15) is 14.7 Å². The standard InChI is InChI=1S/C14H19NO5S/c1-21-8-10-2-3-11(20-10)12(16)15-9-14(13(17)18)4-6-19-7-5-14/h2-3H,4-9H2,1H3,(H,15,16)(H,17,18). The maximum absolute atomic E-state index is 12.0. The van der Waals surface area contributed by atoms with Crippen molar-refractivity contribution in [3.8, 4) is 0 Å². The molecule has 1 aromatic rings. The zero-order valence-electron chi connectivity index (χ0n) is 11.9. The molecule has 2 rings (SSSR count). The zero-order valence-corrected chi connectivity index (χ0v) is 12.7. The fourth-order valence-corrected chi connectivity index (χ4v) is 2.72. The first-order valence-electron chi connectivity index (χ1n) is 6.74. The lowest BCUT2D eigenvalue weighted by atomic mass is 9.80. The third-order valence-electron chi connectivity index (χ3n) is 3.66. The van der Waals surface area contributed by atoms with E-state index in [0.717, 1.165) is 5.76 Å². The monoisotopic (exact) mass is 313 g/mol. The molecule has 1 amide bonds. The number of hydrogen-bond donors (Lipinski definition) is 2. The quantitative estimate of drug-likeness (QED) is 0.832. The topological polar surface area (TPSA) is 88.8 Å². The molecule has 0 atom stereocenters. The van der Waals surface area contributed by atoms with Crippen LogP contribution in [0.25, 0.3) is 0 Å². The van der Waals surface area contributed by atoms with Gasteiger partial charge in [-0.05, 0) is 31.2 Å². The van der Waals surface area contributed by atoms with Crippen LogP contribution in [0.15, 0.2) is 16.5 Å². The van der Waals surface area contributed by atoms with Gasteiger partial charge in [-0.2, -0.15) is 11.8 Å². The minimum atomic E-state index is -0.942. The SMILES string of the molecule is CSCc1ccc(C(=O)NCC2(C(=O)O)CCOCC2)o1. The number of carbonyl (C=O) groups is 2. The van der Waals surface area contributed by atoms with E-state index in [1.807, 2.05) is 6.26 Å². The number of furan rings is 1. The van der Waals surface area contributed by atoms with Gasteiger partial charge in [0.25, 0.3) is 5.91 Å². The molecule has 116 valence electrons. The fourth-order valence-electron chi connectivity index (χ4n) is 2.28. The van der Waals surface area contributed by atoms with Crippen molar-refractivity contribution >= 4 is 23.6 Å². The Hall–Kier alpha value is -1.47. The highest BCUT2D eigenvalue weighted by Crippen LogP contribution is 2.30. The van der Waals surface area contributed by atoms with Gasteiger partial charge in [-0.3, -0.25) is 9.59 Å². The van der Waals surface area contributed by atoms with Crippen LogP contribution >= 0.6 is 11.8 Å². The molecule has 1 saturated heterocycles. The summed E-state index contributed by atoms with van der Waals surface area (Å²) in [6.07, 6.45) is 2.75. The molecule has 21 heavy (non-hydrogen) atoms. The van der Waals surface area contributed by atoms with E-state index >= 15 is 0 Å². The molecule has 1 aromatic heterocycles. The largest absolute Gasteiger partial charge is 0.481 e. The Morgan fingerprint density at radius 1 is 1.38 bits per heavy atom. The van der Waals surface area contributed by atoms with Crippen LogP contribution in [0.1, 0.15) is 29.2 Å². The molecule has 0 radical (unpaired) electrons. The number of ether oxygens (including phenoxy) is 1. The second kappa shape index (κ2) is 7.00. The normalized spacial score (nSPS) is 17.4. The Kier molecular flexibility index (Phi) is 5.30. The Morgan fingerprint density at radius 3 is 2.71 bits per heavy atom. The van der Waals surface area contributed by atoms with Gasteiger partial charge in [0.15, 0.2) is 5.76 Å². The van der Waals surface area contributed by atoms with Crippen LogP contribution in [0.5, 0.6) is 0 Å². The molecule has 1 aliphatic rings. The van der Waals surface area contributed by atoms with E-state index < -0.39 is 11.4 Å². The minimum Gasteiger partial charge on any atom is -0.481 e. The number of nitrogens with one attached hydrogen (secondary N) is 1. The summed E-state index contributed by atoms with van der Waals surface area (Å²) in [5.41, 5.74) is -0.942. The van der Waals surface area contributed by atoms with Gasteiger partial charge in [-0.1, -0.05) is 0 Å². The Morgan fingerprint density at radius 2 is 2.10 bits per heavy atom. The van der Waals surface area contributed by atoms with Gasteiger partial charge < -0.3 is 19.6 Å². The highest BCUT2D eigenvalue weighted by molar-refractivity contribution is 7.97. The van der Waals surface area contributed by atoms with E-state index in [0.29, 0.717) is 31.8 Å². The summed E-state index contributed by atoms with van der Waals surface area (Å²) in [6, 6.07) is 3.37. The third kappa shape index (κ3) is 3.79. The van der Waals surface area contributed by atoms with Crippen molar-refractivity contribution in [3.05, 3.63) is 23.7 Å². The highest BCUT2D eigenvalue weighted by atomic mass is 32.2. The van der Waals surface area contributed by atoms with Crippen molar-refractivity contribution < 1.29 is 23.8 Å². The molecule has 1 fully saturated rings. The molecule has 0 spiro atoms. The summed E-state index contributed by atoms with van der Waals surface area (Å²) in [5.74, 6) is 0.366. The van der Waals surface area contributed by atoms with Crippen LogP contribution in [0.2, 0.25) is 0 Å². The van der Waals surface area contributed by atoms with Gasteiger partial charge >= 0.3 is 5.97 Å². The lowest BCUT2D eigenvalue weighted by Crippen LogP contribution is -2.46. The molecule has 2 heterocycles. The Labute approximate surface area is 127 Å². The second-order valence-corrected chi connectivity index (χ2v) is 5.95. The van der Waals surface area contributed by atoms with Gasteiger partial charge in [-0.15, -0.1) is 0 Å². The van der Waals surface area contributed by atoms with Crippen LogP contribution in [-0.4, -0.2) is 43.0 Å². The molecule has 0 unspecified atom stereocenters. The van der Waals surface area contributed by atoms with Gasteiger partial charge in [0.2, 0.25) is 0 Å². The Bertz CT molecular complexity index is 507. The first kappa shape index (κ1) is 15.9. The van der Waals surface area contributed by atoms with Crippen LogP contribution in [0.3, 0.4) is 0 Å². The second-order valence-electron chi connectivity index (χ2n) is 5.08. The zero-order chi connectivity index (χ0) is 15.3. The molecule has 0 aliphatic carbocycles. The summed E-state index contributed by atoms with van der Waals surface area (Å²) in [6.45, 7) is 0.894. The molecule has 0 bridgehead atoms. The van der Waals surface area contributed by atoms with Gasteiger partial charge in [0, 0.05) is 19.8 Å². The summed E-state index contributed by atoms with van der Waals surface area (Å²) in [4.78, 5) is 23.5. The molecule has 2 N–H and O–H groups in total. The highest BCUT2D eigenvalue weighted by Gasteiger charge is 2.40. The van der Waals surface area contributed by atoms with Crippen LogP contribution in [0.4, 0.5) is 0 Å². The number of aliphatic carboxylic acids is 1. The molecular weight excluding hydrogens is 294 g/mol. The maximum atomic E-state index is 12.0. The van der Waals surface area contributed by atoms with Crippen molar-refractivity contribution in [3.63, 3.8) is 0 Å². The van der Waals surface area contributed by atoms with Crippen LogP contribution in [-0.2, 0) is 15.3 Å². The number of rotatable bonds is 6. The number of thioether (sulfide) groups is 1. The molecule has 6 nitrogen and oxygen atoms in total. The fraction of sp³-hybridized carbons (Fsp3) is 0.571. The molecule has 0 saturated carbocycles. The van der Waals surface area contributed by atoms with Crippen molar-refractivity contribution in [2.45, 2.75) is 18.6 Å². The van der Waals surface area contributed by atoms with Crippen LogP contribution in [0, 0.1) is 5.41 Å². The van der Waals surface area contributed by atoms with E-state index in [1.54, 1.807) is 23.9 Å². The van der Waals surface area contributed by atoms with Crippen LogP contribution < -0.4 is 5.32 Å². The lowest BCUT2D eigenvalue weighted by molar-refractivity contribution is -0.154. The minimum absolute atomic E-state index is 0.0864. The average molecular weight is 313 g/mol. The predicted molar refractivity (Wildman–Crippen MR) is 78.4 cm³/mol. The van der Waals surface area contributed by atoms with E-state index in [2.05, 4.69) is 5.32 Å². The first-order chi connectivity index (χ1) is 10.1. The van der Waals surface area contributed by atoms with Crippen molar-refractivity contribution in [2.24, 2.45) is 5.41 Å². The summed E-state index contributed by atoms with van der Waals surface area (Å²) in [5, 5.41) is 12.1. The predicted octanol–water partition coefficient (Wildman–Crippen LogP) is 1.75. The maximum Gasteiger partial charge on any atom is 0.311 e. The molecule has 1 aliphatic heterocycles. The van der Waals surface area contributed by atoms with Gasteiger partial charge in [0.05, 0.1) is 11.2 Å². The number of carbonyl (C=O) groups excluding carboxylic acids is 1. The molecule has 0 aromatic carbocycles. The summed E-state index contributed by atoms with van der Waals surface area (Å²) in [7, 11) is 0. The van der Waals surface area contributed by atoms with Gasteiger partial charge in [-0.25, -0.2) is 0 Å². The average Bonchev–Trinajstić information content (AvgIpc) is 2.95. The number of hydrogen-bond acceptors (Lipinski definition) is 5. The summed E-state index contributed by atoms with van der Waals surface area (Å²) < 4.78 is 10.6. The molecular formula is C14H19NO5S. The van der Waals surface area contributed by atoms with E-state index in [1.165, 1.54) is 0 Å². The smallest absolute Gasteiger partial charge is 0.311 e. The number of carboxylic acid groups (broad SMARTS) is 1. The van der Waals surface area contributed by atoms with Gasteiger partial charge in [0.1, 0.15) is 5.76 Å². The van der Waals surface area contributed by atoms with E-state index in [4.69, 9.17) is 9.15 Å². The third-order valence-corrected chi connectivity index (χ3v) is 4.24. The van der Waals surface area contributed by atoms with Crippen molar-refractivity contribution in [2.75, 3.05) is 26.0 Å². The number of amides is 1. The van der Waals surface area contributed by atoms with Crippen molar-refractivity contribution in [1.29, 1.82) is 0 Å².